The number of benzene rings is 1. The maximum atomic E-state index is 9.64. The molecule has 0 radical (unpaired) electrons. The van der Waals surface area contributed by atoms with Gasteiger partial charge in [0.25, 0.3) is 0 Å². The van der Waals surface area contributed by atoms with E-state index >= 15 is 0 Å². The Bertz CT molecular complexity index is 355. The van der Waals surface area contributed by atoms with Crippen molar-refractivity contribution in [2.75, 3.05) is 13.7 Å². The number of aliphatic hydroxyl groups excluding tert-OH is 1. The van der Waals surface area contributed by atoms with Crippen molar-refractivity contribution in [2.45, 2.75) is 12.5 Å². The minimum Gasteiger partial charge on any atom is -0.497 e. The second-order valence-electron chi connectivity index (χ2n) is 3.48. The van der Waals surface area contributed by atoms with Crippen molar-refractivity contribution in [3.05, 3.63) is 23.8 Å². The van der Waals surface area contributed by atoms with E-state index in [4.69, 9.17) is 14.5 Å². The lowest BCUT2D eigenvalue weighted by Crippen LogP contribution is -2.27. The molecule has 0 aromatic heterocycles. The van der Waals surface area contributed by atoms with Crippen LogP contribution in [0.1, 0.15) is 18.1 Å². The van der Waals surface area contributed by atoms with E-state index in [1.165, 1.54) is 0 Å². The summed E-state index contributed by atoms with van der Waals surface area (Å²) in [6.45, 7) is 0.0445. The molecule has 1 aliphatic rings. The van der Waals surface area contributed by atoms with Gasteiger partial charge in [-0.2, -0.15) is 0 Å². The molecule has 0 saturated heterocycles. The molecule has 1 unspecified atom stereocenters. The minimum atomic E-state index is -0.911. The third-order valence-electron chi connectivity index (χ3n) is 2.59. The van der Waals surface area contributed by atoms with Gasteiger partial charge in [0.15, 0.2) is 0 Å². The molecule has 0 amide bonds. The Morgan fingerprint density at radius 3 is 3.00 bits per heavy atom. The number of ether oxygens (including phenoxy) is 1. The summed E-state index contributed by atoms with van der Waals surface area (Å²) in [5, 5.41) is 18.5. The Balaban J connectivity index is 2.32. The molecule has 2 N–H and O–H groups in total. The smallest absolute Gasteiger partial charge is 0.492 e. The maximum absolute atomic E-state index is 9.64. The summed E-state index contributed by atoms with van der Waals surface area (Å²) in [5.74, 6) is 0.695. The second kappa shape index (κ2) is 4.22. The first kappa shape index (κ1) is 10.5. The summed E-state index contributed by atoms with van der Waals surface area (Å²) in [4.78, 5) is 0. The molecule has 0 fully saturated rings. The zero-order valence-corrected chi connectivity index (χ0v) is 8.51. The topological polar surface area (TPSA) is 58.9 Å². The van der Waals surface area contributed by atoms with Crippen LogP contribution in [0.3, 0.4) is 0 Å². The maximum Gasteiger partial charge on any atom is 0.492 e. The molecule has 0 saturated carbocycles. The van der Waals surface area contributed by atoms with Gasteiger partial charge >= 0.3 is 7.12 Å². The Labute approximate surface area is 88.6 Å². The van der Waals surface area contributed by atoms with Crippen LogP contribution in [0.4, 0.5) is 0 Å². The monoisotopic (exact) mass is 208 g/mol. The van der Waals surface area contributed by atoms with Gasteiger partial charge in [-0.3, -0.25) is 0 Å². The van der Waals surface area contributed by atoms with Gasteiger partial charge < -0.3 is 19.5 Å². The van der Waals surface area contributed by atoms with Gasteiger partial charge in [0.2, 0.25) is 0 Å². The van der Waals surface area contributed by atoms with E-state index in [1.54, 1.807) is 13.2 Å². The molecule has 15 heavy (non-hydrogen) atoms. The van der Waals surface area contributed by atoms with Crippen molar-refractivity contribution in [2.24, 2.45) is 0 Å². The number of aliphatic hydroxyl groups is 1. The average Bonchev–Trinajstić information content (AvgIpc) is 2.56. The molecule has 5 heteroatoms. The van der Waals surface area contributed by atoms with Crippen LogP contribution >= 0.6 is 0 Å². The molecule has 0 bridgehead atoms. The Morgan fingerprint density at radius 1 is 1.53 bits per heavy atom. The fourth-order valence-corrected chi connectivity index (χ4v) is 1.83. The van der Waals surface area contributed by atoms with Gasteiger partial charge in [0, 0.05) is 6.61 Å². The van der Waals surface area contributed by atoms with Crippen molar-refractivity contribution >= 4 is 12.6 Å². The fourth-order valence-electron chi connectivity index (χ4n) is 1.83. The highest BCUT2D eigenvalue weighted by atomic mass is 16.5. The third kappa shape index (κ3) is 1.86. The van der Waals surface area contributed by atoms with Crippen molar-refractivity contribution < 1.29 is 19.5 Å². The van der Waals surface area contributed by atoms with Crippen molar-refractivity contribution in [3.63, 3.8) is 0 Å². The van der Waals surface area contributed by atoms with E-state index in [2.05, 4.69) is 0 Å². The SMILES string of the molecule is COc1ccc2c(c1)B(O)OC2CCO. The number of hydrogen-bond donors (Lipinski definition) is 2. The van der Waals surface area contributed by atoms with E-state index < -0.39 is 7.12 Å². The summed E-state index contributed by atoms with van der Waals surface area (Å²) in [6, 6.07) is 5.45. The van der Waals surface area contributed by atoms with Crippen LogP contribution in [0.2, 0.25) is 0 Å². The lowest BCUT2D eigenvalue weighted by atomic mass is 9.79. The molecule has 0 spiro atoms. The van der Waals surface area contributed by atoms with Crippen molar-refractivity contribution in [3.8, 4) is 5.75 Å². The highest BCUT2D eigenvalue weighted by molar-refractivity contribution is 6.61. The molecule has 2 rings (SSSR count). The zero-order valence-electron chi connectivity index (χ0n) is 8.51. The summed E-state index contributed by atoms with van der Waals surface area (Å²) < 4.78 is 10.4. The highest BCUT2D eigenvalue weighted by Gasteiger charge is 2.34. The molecular formula is C10H13BO4. The predicted molar refractivity (Wildman–Crippen MR) is 56.1 cm³/mol. The lowest BCUT2D eigenvalue weighted by molar-refractivity contribution is 0.148. The first-order valence-corrected chi connectivity index (χ1v) is 4.88. The average molecular weight is 208 g/mol. The molecule has 1 aromatic rings. The molecule has 0 aliphatic carbocycles. The van der Waals surface area contributed by atoms with E-state index in [1.807, 2.05) is 12.1 Å². The van der Waals surface area contributed by atoms with Gasteiger partial charge in [-0.25, -0.2) is 0 Å². The Kier molecular flexibility index (Phi) is 2.95. The van der Waals surface area contributed by atoms with Crippen molar-refractivity contribution in [1.29, 1.82) is 0 Å². The molecule has 1 atom stereocenters. The predicted octanol–water partition coefficient (Wildman–Crippen LogP) is -0.164. The van der Waals surface area contributed by atoms with Gasteiger partial charge in [-0.15, -0.1) is 0 Å². The molecule has 1 heterocycles. The van der Waals surface area contributed by atoms with E-state index in [0.29, 0.717) is 12.2 Å². The van der Waals surface area contributed by atoms with Crippen molar-refractivity contribution in [1.82, 2.24) is 0 Å². The van der Waals surface area contributed by atoms with E-state index in [-0.39, 0.29) is 12.7 Å². The van der Waals surface area contributed by atoms with Gasteiger partial charge in [-0.05, 0) is 29.6 Å². The van der Waals surface area contributed by atoms with Crippen LogP contribution in [-0.2, 0) is 4.65 Å². The van der Waals surface area contributed by atoms with Crippen LogP contribution in [0.15, 0.2) is 18.2 Å². The quantitative estimate of drug-likeness (QED) is 0.677. The fraction of sp³-hybridized carbons (Fsp3) is 0.400. The lowest BCUT2D eigenvalue weighted by Gasteiger charge is -2.10. The minimum absolute atomic E-state index is 0.0445. The van der Waals surface area contributed by atoms with Crippen LogP contribution in [0, 0.1) is 0 Å². The Hall–Kier alpha value is -1.04. The molecule has 80 valence electrons. The second-order valence-corrected chi connectivity index (χ2v) is 3.48. The van der Waals surface area contributed by atoms with Crippen LogP contribution in [-0.4, -0.2) is 31.0 Å². The van der Waals surface area contributed by atoms with Crippen LogP contribution in [0.25, 0.3) is 0 Å². The largest absolute Gasteiger partial charge is 0.497 e. The first-order valence-electron chi connectivity index (χ1n) is 4.88. The summed E-state index contributed by atoms with van der Waals surface area (Å²) in [6.07, 6.45) is 0.280. The summed E-state index contributed by atoms with van der Waals surface area (Å²) in [5.41, 5.74) is 1.66. The molecule has 1 aromatic carbocycles. The van der Waals surface area contributed by atoms with E-state index in [9.17, 15) is 5.02 Å². The summed E-state index contributed by atoms with van der Waals surface area (Å²) >= 11 is 0. The standard InChI is InChI=1S/C10H13BO4/c1-14-7-2-3-8-9(6-7)11(13)15-10(8)4-5-12/h2-3,6,10,12-13H,4-5H2,1H3. The zero-order chi connectivity index (χ0) is 10.8. The Morgan fingerprint density at radius 2 is 2.33 bits per heavy atom. The molecule has 4 nitrogen and oxygen atoms in total. The number of hydrogen-bond acceptors (Lipinski definition) is 4. The van der Waals surface area contributed by atoms with E-state index in [0.717, 1.165) is 11.0 Å². The molecular weight excluding hydrogens is 195 g/mol. The molecule has 1 aliphatic heterocycles. The number of methoxy groups -OCH3 is 1. The summed E-state index contributed by atoms with van der Waals surface area (Å²) in [7, 11) is 0.668. The normalized spacial score (nSPS) is 19.1. The van der Waals surface area contributed by atoms with Crippen LogP contribution in [0.5, 0.6) is 5.75 Å². The number of rotatable bonds is 3. The first-order chi connectivity index (χ1) is 7.26. The number of fused-ring (bicyclic) bond motifs is 1. The van der Waals surface area contributed by atoms with Gasteiger partial charge in [0.05, 0.1) is 13.2 Å². The third-order valence-corrected chi connectivity index (χ3v) is 2.59. The van der Waals surface area contributed by atoms with Crippen LogP contribution < -0.4 is 10.2 Å². The highest BCUT2D eigenvalue weighted by Crippen LogP contribution is 2.27. The van der Waals surface area contributed by atoms with Gasteiger partial charge in [-0.1, -0.05) is 6.07 Å². The van der Waals surface area contributed by atoms with Gasteiger partial charge in [0.1, 0.15) is 5.75 Å².